The van der Waals surface area contributed by atoms with E-state index < -0.39 is 6.17 Å². The van der Waals surface area contributed by atoms with Crippen LogP contribution in [0.4, 0.5) is 4.39 Å². The topological polar surface area (TPSA) is 29.3 Å². The number of halogens is 1. The summed E-state index contributed by atoms with van der Waals surface area (Å²) in [6.45, 7) is 1.63. The van der Waals surface area contributed by atoms with Crippen molar-refractivity contribution in [2.24, 2.45) is 5.73 Å². The number of nitrogens with two attached hydrogens (primary N) is 1. The van der Waals surface area contributed by atoms with E-state index in [-0.39, 0.29) is 0 Å². The smallest absolute Gasteiger partial charge is 0.114 e. The lowest BCUT2D eigenvalue weighted by Crippen LogP contribution is -2.39. The van der Waals surface area contributed by atoms with Crippen molar-refractivity contribution >= 4 is 0 Å². The van der Waals surface area contributed by atoms with Crippen LogP contribution >= 0.6 is 0 Å². The van der Waals surface area contributed by atoms with E-state index in [1.54, 1.807) is 0 Å². The van der Waals surface area contributed by atoms with Gasteiger partial charge in [0.15, 0.2) is 0 Å². The van der Waals surface area contributed by atoms with Crippen LogP contribution in [-0.4, -0.2) is 36.2 Å². The first kappa shape index (κ1) is 9.41. The van der Waals surface area contributed by atoms with Gasteiger partial charge in [0.05, 0.1) is 0 Å². The van der Waals surface area contributed by atoms with Gasteiger partial charge in [-0.2, -0.15) is 0 Å². The van der Waals surface area contributed by atoms with Gasteiger partial charge >= 0.3 is 0 Å². The normalized spacial score (nSPS) is 42.5. The number of hydrogen-bond donors (Lipinski definition) is 1. The Morgan fingerprint density at radius 1 is 1.08 bits per heavy atom. The molecule has 2 fully saturated rings. The van der Waals surface area contributed by atoms with Crippen molar-refractivity contribution in [3.05, 3.63) is 0 Å². The van der Waals surface area contributed by atoms with Crippen LogP contribution in [0.1, 0.15) is 32.1 Å². The Balaban J connectivity index is 1.81. The first-order valence-electron chi connectivity index (χ1n) is 5.39. The Kier molecular flexibility index (Phi) is 2.84. The fourth-order valence-corrected chi connectivity index (χ4v) is 2.54. The van der Waals surface area contributed by atoms with Crippen LogP contribution in [0, 0.1) is 0 Å². The third kappa shape index (κ3) is 2.20. The van der Waals surface area contributed by atoms with Crippen molar-refractivity contribution in [1.82, 2.24) is 4.90 Å². The van der Waals surface area contributed by atoms with E-state index in [0.29, 0.717) is 18.6 Å². The zero-order chi connectivity index (χ0) is 9.26. The van der Waals surface area contributed by atoms with Gasteiger partial charge in [-0.05, 0) is 32.1 Å². The van der Waals surface area contributed by atoms with Gasteiger partial charge in [0.25, 0.3) is 0 Å². The molecule has 0 spiro atoms. The highest BCUT2D eigenvalue weighted by molar-refractivity contribution is 4.85. The third-order valence-electron chi connectivity index (χ3n) is 3.42. The first-order valence-corrected chi connectivity index (χ1v) is 5.39. The minimum absolute atomic E-state index is 0.403. The molecule has 2 aliphatic rings. The number of alkyl halides is 1. The maximum Gasteiger partial charge on any atom is 0.114 e. The molecule has 1 heterocycles. The fraction of sp³-hybridized carbons (Fsp3) is 1.00. The van der Waals surface area contributed by atoms with Gasteiger partial charge in [-0.1, -0.05) is 0 Å². The number of rotatable bonds is 1. The highest BCUT2D eigenvalue weighted by Crippen LogP contribution is 2.25. The van der Waals surface area contributed by atoms with E-state index in [0.717, 1.165) is 25.8 Å². The molecule has 1 saturated heterocycles. The predicted octanol–water partition coefficient (Wildman–Crippen LogP) is 1.30. The molecule has 1 saturated carbocycles. The van der Waals surface area contributed by atoms with Crippen LogP contribution < -0.4 is 5.73 Å². The molecular formula is C10H19FN2. The number of nitrogens with zero attached hydrogens (tertiary/aromatic N) is 1. The maximum absolute atomic E-state index is 12.9. The molecule has 76 valence electrons. The average molecular weight is 186 g/mol. The summed E-state index contributed by atoms with van der Waals surface area (Å²) < 4.78 is 12.9. The van der Waals surface area contributed by atoms with Crippen molar-refractivity contribution in [1.29, 1.82) is 0 Å². The summed E-state index contributed by atoms with van der Waals surface area (Å²) >= 11 is 0. The molecule has 2 N–H and O–H groups in total. The largest absolute Gasteiger partial charge is 0.328 e. The second-order valence-corrected chi connectivity index (χ2v) is 4.45. The van der Waals surface area contributed by atoms with E-state index in [4.69, 9.17) is 5.73 Å². The van der Waals surface area contributed by atoms with Crippen molar-refractivity contribution in [2.75, 3.05) is 13.1 Å². The van der Waals surface area contributed by atoms with Crippen molar-refractivity contribution < 1.29 is 4.39 Å². The van der Waals surface area contributed by atoms with Crippen LogP contribution in [0.2, 0.25) is 0 Å². The Morgan fingerprint density at radius 3 is 2.31 bits per heavy atom. The van der Waals surface area contributed by atoms with Gasteiger partial charge < -0.3 is 5.73 Å². The van der Waals surface area contributed by atoms with E-state index >= 15 is 0 Å². The van der Waals surface area contributed by atoms with Gasteiger partial charge in [-0.25, -0.2) is 4.39 Å². The zero-order valence-corrected chi connectivity index (χ0v) is 8.08. The molecule has 0 radical (unpaired) electrons. The van der Waals surface area contributed by atoms with E-state index in [1.807, 2.05) is 0 Å². The molecule has 3 heteroatoms. The molecule has 0 aromatic heterocycles. The summed E-state index contributed by atoms with van der Waals surface area (Å²) in [6.07, 6.45) is 4.76. The van der Waals surface area contributed by atoms with Gasteiger partial charge in [0, 0.05) is 25.2 Å². The van der Waals surface area contributed by atoms with Crippen LogP contribution in [-0.2, 0) is 0 Å². The van der Waals surface area contributed by atoms with Crippen molar-refractivity contribution in [3.8, 4) is 0 Å². The van der Waals surface area contributed by atoms with Gasteiger partial charge in [0.1, 0.15) is 6.17 Å². The minimum atomic E-state index is -0.574. The molecule has 2 rings (SSSR count). The average Bonchev–Trinajstić information content (AvgIpc) is 2.53. The van der Waals surface area contributed by atoms with Crippen LogP contribution in [0.5, 0.6) is 0 Å². The molecule has 1 aliphatic carbocycles. The molecule has 0 bridgehead atoms. The highest BCUT2D eigenvalue weighted by Gasteiger charge is 2.30. The molecule has 0 aromatic rings. The lowest BCUT2D eigenvalue weighted by atomic mass is 9.91. The zero-order valence-electron chi connectivity index (χ0n) is 8.08. The molecule has 2 nitrogen and oxygen atoms in total. The quantitative estimate of drug-likeness (QED) is 0.669. The summed E-state index contributed by atoms with van der Waals surface area (Å²) in [6, 6.07) is 1.03. The predicted molar refractivity (Wildman–Crippen MR) is 51.3 cm³/mol. The Labute approximate surface area is 79.3 Å². The lowest BCUT2D eigenvalue weighted by molar-refractivity contribution is 0.170. The first-order chi connectivity index (χ1) is 6.25. The molecule has 1 aliphatic heterocycles. The SMILES string of the molecule is NC1CCC(N2CC[C@H](F)C2)CC1. The summed E-state index contributed by atoms with van der Waals surface area (Å²) in [4.78, 5) is 2.32. The second-order valence-electron chi connectivity index (χ2n) is 4.45. The van der Waals surface area contributed by atoms with E-state index in [9.17, 15) is 4.39 Å². The van der Waals surface area contributed by atoms with Gasteiger partial charge in [0.2, 0.25) is 0 Å². The number of hydrogen-bond acceptors (Lipinski definition) is 2. The van der Waals surface area contributed by atoms with Crippen LogP contribution in [0.3, 0.4) is 0 Å². The summed E-state index contributed by atoms with van der Waals surface area (Å²) in [5.74, 6) is 0. The van der Waals surface area contributed by atoms with Gasteiger partial charge in [-0.3, -0.25) is 4.90 Å². The molecule has 0 unspecified atom stereocenters. The third-order valence-corrected chi connectivity index (χ3v) is 3.42. The highest BCUT2D eigenvalue weighted by atomic mass is 19.1. The lowest BCUT2D eigenvalue weighted by Gasteiger charge is -2.33. The standard InChI is InChI=1S/C10H19FN2/c11-8-5-6-13(7-8)10-3-1-9(12)2-4-10/h8-10H,1-7,12H2/t8-,9?,10?/m0/s1. The Hall–Kier alpha value is -0.150. The molecule has 1 atom stereocenters. The van der Waals surface area contributed by atoms with Crippen molar-refractivity contribution in [3.63, 3.8) is 0 Å². The summed E-state index contributed by atoms with van der Waals surface area (Å²) in [5, 5.41) is 0. The summed E-state index contributed by atoms with van der Waals surface area (Å²) in [5.41, 5.74) is 5.83. The summed E-state index contributed by atoms with van der Waals surface area (Å²) in [7, 11) is 0. The van der Waals surface area contributed by atoms with Crippen LogP contribution in [0.15, 0.2) is 0 Å². The molecule has 0 amide bonds. The van der Waals surface area contributed by atoms with E-state index in [2.05, 4.69) is 4.90 Å². The number of likely N-dealkylation sites (tertiary alicyclic amines) is 1. The maximum atomic E-state index is 12.9. The Morgan fingerprint density at radius 2 is 1.77 bits per heavy atom. The van der Waals surface area contributed by atoms with Gasteiger partial charge in [-0.15, -0.1) is 0 Å². The second kappa shape index (κ2) is 3.93. The van der Waals surface area contributed by atoms with E-state index in [1.165, 1.54) is 12.8 Å². The van der Waals surface area contributed by atoms with Crippen LogP contribution in [0.25, 0.3) is 0 Å². The molecule has 13 heavy (non-hydrogen) atoms. The molecular weight excluding hydrogens is 167 g/mol. The van der Waals surface area contributed by atoms with Crippen molar-refractivity contribution in [2.45, 2.75) is 50.4 Å². The Bertz CT molecular complexity index is 166. The monoisotopic (exact) mass is 186 g/mol. The molecule has 0 aromatic carbocycles. The minimum Gasteiger partial charge on any atom is -0.328 e. The fourth-order valence-electron chi connectivity index (χ4n) is 2.54.